The van der Waals surface area contributed by atoms with Crippen molar-refractivity contribution in [2.24, 2.45) is 0 Å². The second-order valence-electron chi connectivity index (χ2n) is 5.52. The van der Waals surface area contributed by atoms with E-state index >= 15 is 0 Å². The summed E-state index contributed by atoms with van der Waals surface area (Å²) >= 11 is 1.23. The normalized spacial score (nSPS) is 10.7. The summed E-state index contributed by atoms with van der Waals surface area (Å²) in [7, 11) is 2.80. The Labute approximate surface area is 154 Å². The molecule has 10 heteroatoms. The molecule has 0 spiro atoms. The van der Waals surface area contributed by atoms with E-state index in [1.807, 2.05) is 18.4 Å². The average molecular weight is 380 g/mol. The smallest absolute Gasteiger partial charge is 0.335 e. The fraction of sp³-hybridized carbons (Fsp3) is 0.375. The third-order valence-electron chi connectivity index (χ3n) is 3.43. The molecular weight excluding hydrogens is 360 g/mol. The van der Waals surface area contributed by atoms with Crippen LogP contribution < -0.4 is 14.8 Å². The molecule has 1 amide bonds. The number of methoxy groups -OCH3 is 2. The minimum absolute atomic E-state index is 0.0230. The number of carboxylic acid groups (broad SMARTS) is 1. The summed E-state index contributed by atoms with van der Waals surface area (Å²) in [5.74, 6) is -0.929. The number of carbonyl (C=O) groups excluding carboxylic acids is 1. The van der Waals surface area contributed by atoms with Gasteiger partial charge in [0.1, 0.15) is 6.33 Å². The van der Waals surface area contributed by atoms with Gasteiger partial charge >= 0.3 is 5.97 Å². The summed E-state index contributed by atoms with van der Waals surface area (Å²) in [4.78, 5) is 23.6. The van der Waals surface area contributed by atoms with Crippen molar-refractivity contribution < 1.29 is 24.2 Å². The molecule has 0 unspecified atom stereocenters. The lowest BCUT2D eigenvalue weighted by Crippen LogP contribution is -2.16. The number of hydrogen-bond acceptors (Lipinski definition) is 7. The number of benzene rings is 1. The van der Waals surface area contributed by atoms with E-state index in [-0.39, 0.29) is 40.5 Å². The summed E-state index contributed by atoms with van der Waals surface area (Å²) in [5.41, 5.74) is 0.199. The van der Waals surface area contributed by atoms with Crippen molar-refractivity contribution in [3.05, 3.63) is 24.0 Å². The molecule has 0 aliphatic heterocycles. The number of carboxylic acids is 1. The highest BCUT2D eigenvalue weighted by molar-refractivity contribution is 7.99. The van der Waals surface area contributed by atoms with Crippen molar-refractivity contribution in [2.45, 2.75) is 25.0 Å². The maximum Gasteiger partial charge on any atom is 0.335 e. The lowest BCUT2D eigenvalue weighted by Gasteiger charge is -2.15. The fourth-order valence-corrected chi connectivity index (χ4v) is 3.03. The number of ether oxygens (including phenoxy) is 2. The second-order valence-corrected chi connectivity index (χ2v) is 6.46. The molecule has 1 aromatic heterocycles. The lowest BCUT2D eigenvalue weighted by molar-refractivity contribution is -0.113. The van der Waals surface area contributed by atoms with Gasteiger partial charge in [0.05, 0.1) is 31.2 Å². The monoisotopic (exact) mass is 380 g/mol. The van der Waals surface area contributed by atoms with Crippen molar-refractivity contribution in [1.29, 1.82) is 0 Å². The van der Waals surface area contributed by atoms with Gasteiger partial charge in [-0.1, -0.05) is 11.8 Å². The number of hydrogen-bond donors (Lipinski definition) is 2. The minimum Gasteiger partial charge on any atom is -0.493 e. The summed E-state index contributed by atoms with van der Waals surface area (Å²) < 4.78 is 12.2. The van der Waals surface area contributed by atoms with E-state index in [0.717, 1.165) is 0 Å². The first-order chi connectivity index (χ1) is 12.4. The van der Waals surface area contributed by atoms with E-state index in [0.29, 0.717) is 5.16 Å². The zero-order valence-electron chi connectivity index (χ0n) is 14.8. The summed E-state index contributed by atoms with van der Waals surface area (Å²) in [6.45, 7) is 3.98. The number of amides is 1. The van der Waals surface area contributed by atoms with Gasteiger partial charge in [0.25, 0.3) is 0 Å². The molecule has 0 aliphatic rings. The number of nitrogens with zero attached hydrogens (tertiary/aromatic N) is 3. The van der Waals surface area contributed by atoms with Crippen LogP contribution in [0.1, 0.15) is 30.2 Å². The third kappa shape index (κ3) is 4.45. The minimum atomic E-state index is -1.14. The Kier molecular flexibility index (Phi) is 6.45. The Morgan fingerprint density at radius 1 is 1.31 bits per heavy atom. The molecule has 26 heavy (non-hydrogen) atoms. The van der Waals surface area contributed by atoms with Crippen LogP contribution in [0.15, 0.2) is 23.6 Å². The van der Waals surface area contributed by atoms with Gasteiger partial charge in [0, 0.05) is 6.04 Å². The van der Waals surface area contributed by atoms with E-state index < -0.39 is 5.97 Å². The Morgan fingerprint density at radius 3 is 2.62 bits per heavy atom. The summed E-state index contributed by atoms with van der Waals surface area (Å²) in [6, 6.07) is 2.83. The highest BCUT2D eigenvalue weighted by atomic mass is 32.2. The van der Waals surface area contributed by atoms with Crippen LogP contribution >= 0.6 is 11.8 Å². The van der Waals surface area contributed by atoms with Gasteiger partial charge in [-0.05, 0) is 26.0 Å². The number of aromatic nitrogens is 3. The number of carbonyl (C=O) groups is 2. The summed E-state index contributed by atoms with van der Waals surface area (Å²) in [6.07, 6.45) is 1.61. The largest absolute Gasteiger partial charge is 0.493 e. The predicted octanol–water partition coefficient (Wildman–Crippen LogP) is 2.31. The van der Waals surface area contributed by atoms with Gasteiger partial charge < -0.3 is 24.5 Å². The van der Waals surface area contributed by atoms with E-state index in [4.69, 9.17) is 9.47 Å². The van der Waals surface area contributed by atoms with Gasteiger partial charge in [-0.2, -0.15) is 0 Å². The molecule has 0 saturated heterocycles. The number of nitrogens with one attached hydrogen (secondary N) is 1. The third-order valence-corrected chi connectivity index (χ3v) is 4.39. The Morgan fingerprint density at radius 2 is 2.04 bits per heavy atom. The maximum atomic E-state index is 12.3. The molecule has 2 N–H and O–H groups in total. The van der Waals surface area contributed by atoms with Crippen molar-refractivity contribution in [3.63, 3.8) is 0 Å². The molecule has 1 heterocycles. The van der Waals surface area contributed by atoms with Gasteiger partial charge in [-0.15, -0.1) is 10.2 Å². The van der Waals surface area contributed by atoms with Crippen molar-refractivity contribution in [1.82, 2.24) is 14.8 Å². The molecule has 0 fully saturated rings. The van der Waals surface area contributed by atoms with Crippen LogP contribution in [0.25, 0.3) is 0 Å². The van der Waals surface area contributed by atoms with E-state index in [2.05, 4.69) is 15.5 Å². The molecule has 9 nitrogen and oxygen atoms in total. The molecule has 0 bridgehead atoms. The molecule has 1 aromatic carbocycles. The molecule has 140 valence electrons. The van der Waals surface area contributed by atoms with Crippen LogP contribution in [-0.2, 0) is 4.79 Å². The first-order valence-electron chi connectivity index (χ1n) is 7.68. The molecule has 2 rings (SSSR count). The van der Waals surface area contributed by atoms with E-state index in [9.17, 15) is 14.7 Å². The molecule has 2 aromatic rings. The van der Waals surface area contributed by atoms with E-state index in [1.165, 1.54) is 38.1 Å². The number of anilines is 1. The maximum absolute atomic E-state index is 12.3. The first kappa shape index (κ1) is 19.6. The Balaban J connectivity index is 2.16. The Bertz CT molecular complexity index is 806. The highest BCUT2D eigenvalue weighted by Crippen LogP contribution is 2.36. The number of aromatic carboxylic acids is 1. The topological polar surface area (TPSA) is 116 Å². The van der Waals surface area contributed by atoms with Gasteiger partial charge in [0.15, 0.2) is 16.7 Å². The van der Waals surface area contributed by atoms with Gasteiger partial charge in [-0.25, -0.2) is 4.79 Å². The van der Waals surface area contributed by atoms with Crippen LogP contribution in [0.3, 0.4) is 0 Å². The van der Waals surface area contributed by atoms with Crippen molar-refractivity contribution in [3.8, 4) is 11.5 Å². The zero-order chi connectivity index (χ0) is 19.3. The molecule has 0 radical (unpaired) electrons. The standard InChI is InChI=1S/C16H20N4O5S/c1-9(2)20-8-17-19-16(20)26-7-13(21)18-11-5-10(15(22)23)6-12(24-3)14(11)25-4/h5-6,8-9H,7H2,1-4H3,(H,18,21)(H,22,23). The predicted molar refractivity (Wildman–Crippen MR) is 96.3 cm³/mol. The van der Waals surface area contributed by atoms with Gasteiger partial charge in [-0.3, -0.25) is 4.79 Å². The molecular formula is C16H20N4O5S. The van der Waals surface area contributed by atoms with Crippen LogP contribution in [-0.4, -0.2) is 51.7 Å². The average Bonchev–Trinajstić information content (AvgIpc) is 3.08. The molecule has 0 saturated carbocycles. The molecule has 0 aliphatic carbocycles. The fourth-order valence-electron chi connectivity index (χ4n) is 2.19. The second kappa shape index (κ2) is 8.56. The van der Waals surface area contributed by atoms with E-state index in [1.54, 1.807) is 6.33 Å². The van der Waals surface area contributed by atoms with Crippen molar-refractivity contribution >= 4 is 29.3 Å². The van der Waals surface area contributed by atoms with Crippen LogP contribution in [0.5, 0.6) is 11.5 Å². The van der Waals surface area contributed by atoms with Crippen LogP contribution in [0, 0.1) is 0 Å². The van der Waals surface area contributed by atoms with Crippen LogP contribution in [0.4, 0.5) is 5.69 Å². The lowest BCUT2D eigenvalue weighted by atomic mass is 10.1. The summed E-state index contributed by atoms with van der Waals surface area (Å²) in [5, 5.41) is 20.3. The first-order valence-corrected chi connectivity index (χ1v) is 8.67. The Hall–Kier alpha value is -2.75. The number of thioether (sulfide) groups is 1. The molecule has 0 atom stereocenters. The van der Waals surface area contributed by atoms with Crippen molar-refractivity contribution in [2.75, 3.05) is 25.3 Å². The highest BCUT2D eigenvalue weighted by Gasteiger charge is 2.18. The van der Waals surface area contributed by atoms with Gasteiger partial charge in [0.2, 0.25) is 5.91 Å². The zero-order valence-corrected chi connectivity index (χ0v) is 15.7. The number of rotatable bonds is 8. The van der Waals surface area contributed by atoms with Crippen LogP contribution in [0.2, 0.25) is 0 Å². The quantitative estimate of drug-likeness (QED) is 0.670. The SMILES string of the molecule is COc1cc(C(=O)O)cc(NC(=O)CSc2nncn2C(C)C)c1OC.